The summed E-state index contributed by atoms with van der Waals surface area (Å²) in [5.41, 5.74) is 2.79. The van der Waals surface area contributed by atoms with Crippen molar-refractivity contribution in [2.45, 2.75) is 18.8 Å². The van der Waals surface area contributed by atoms with Gasteiger partial charge in [0.25, 0.3) is 0 Å². The van der Waals surface area contributed by atoms with Gasteiger partial charge < -0.3 is 9.84 Å². The molecular weight excluding hydrogens is 192 g/mol. The zero-order valence-electron chi connectivity index (χ0n) is 8.69. The molecule has 0 saturated carbocycles. The molecule has 0 unspecified atom stereocenters. The predicted octanol–water partition coefficient (Wildman–Crippen LogP) is 1.50. The fraction of sp³-hybridized carbons (Fsp3) is 0.417. The zero-order chi connectivity index (χ0) is 10.8. The summed E-state index contributed by atoms with van der Waals surface area (Å²) in [6.07, 6.45) is 1.77. The van der Waals surface area contributed by atoms with Crippen LogP contribution in [0.5, 0.6) is 0 Å². The van der Waals surface area contributed by atoms with Gasteiger partial charge in [-0.3, -0.25) is 0 Å². The van der Waals surface area contributed by atoms with Crippen LogP contribution in [0, 0.1) is 0 Å². The fourth-order valence-electron chi connectivity index (χ4n) is 2.23. The Morgan fingerprint density at radius 1 is 1.60 bits per heavy atom. The number of rotatable bonds is 2. The number of aliphatic hydroxyl groups excluding tert-OH is 1. The first-order valence-electron chi connectivity index (χ1n) is 5.09. The van der Waals surface area contributed by atoms with E-state index in [1.807, 2.05) is 12.1 Å². The Balaban J connectivity index is 2.44. The lowest BCUT2D eigenvalue weighted by molar-refractivity contribution is 0.0599. The average Bonchev–Trinajstić information content (AvgIpc) is 2.70. The Kier molecular flexibility index (Phi) is 2.73. The lowest BCUT2D eigenvalue weighted by Gasteiger charge is -2.09. The van der Waals surface area contributed by atoms with Crippen LogP contribution in [0.3, 0.4) is 0 Å². The molecular formula is C12H14O3. The van der Waals surface area contributed by atoms with Crippen LogP contribution in [0.2, 0.25) is 0 Å². The zero-order valence-corrected chi connectivity index (χ0v) is 8.69. The first-order valence-corrected chi connectivity index (χ1v) is 5.09. The molecule has 0 bridgehead atoms. The van der Waals surface area contributed by atoms with E-state index in [9.17, 15) is 9.90 Å². The molecule has 0 aromatic heterocycles. The van der Waals surface area contributed by atoms with Crippen molar-refractivity contribution in [2.75, 3.05) is 13.7 Å². The van der Waals surface area contributed by atoms with Crippen LogP contribution in [0.25, 0.3) is 0 Å². The van der Waals surface area contributed by atoms with Crippen LogP contribution in [0.4, 0.5) is 0 Å². The van der Waals surface area contributed by atoms with E-state index in [0.717, 1.165) is 24.0 Å². The van der Waals surface area contributed by atoms with Gasteiger partial charge in [0.15, 0.2) is 0 Å². The third-order valence-corrected chi connectivity index (χ3v) is 3.02. The lowest BCUT2D eigenvalue weighted by atomic mass is 9.99. The van der Waals surface area contributed by atoms with E-state index < -0.39 is 0 Å². The van der Waals surface area contributed by atoms with Crippen molar-refractivity contribution in [2.24, 2.45) is 0 Å². The van der Waals surface area contributed by atoms with Crippen molar-refractivity contribution < 1.29 is 14.6 Å². The second-order valence-corrected chi connectivity index (χ2v) is 3.78. The molecule has 0 aliphatic heterocycles. The second kappa shape index (κ2) is 4.03. The third-order valence-electron chi connectivity index (χ3n) is 3.02. The number of benzene rings is 1. The van der Waals surface area contributed by atoms with Crippen molar-refractivity contribution in [1.29, 1.82) is 0 Å². The Hall–Kier alpha value is -1.35. The summed E-state index contributed by atoms with van der Waals surface area (Å²) >= 11 is 0. The summed E-state index contributed by atoms with van der Waals surface area (Å²) in [4.78, 5) is 11.5. The molecule has 0 radical (unpaired) electrons. The Morgan fingerprint density at radius 2 is 2.40 bits per heavy atom. The largest absolute Gasteiger partial charge is 0.465 e. The molecule has 0 saturated heterocycles. The van der Waals surface area contributed by atoms with Crippen molar-refractivity contribution in [3.8, 4) is 0 Å². The number of methoxy groups -OCH3 is 1. The highest BCUT2D eigenvalue weighted by Crippen LogP contribution is 2.34. The summed E-state index contributed by atoms with van der Waals surface area (Å²) in [6.45, 7) is 0.150. The molecule has 3 heteroatoms. The minimum Gasteiger partial charge on any atom is -0.465 e. The van der Waals surface area contributed by atoms with Gasteiger partial charge in [-0.05, 0) is 30.0 Å². The van der Waals surface area contributed by atoms with Gasteiger partial charge in [0, 0.05) is 12.5 Å². The number of esters is 1. The van der Waals surface area contributed by atoms with Crippen LogP contribution in [0.15, 0.2) is 18.2 Å². The third kappa shape index (κ3) is 1.63. The smallest absolute Gasteiger partial charge is 0.338 e. The van der Waals surface area contributed by atoms with Gasteiger partial charge in [0.1, 0.15) is 0 Å². The monoisotopic (exact) mass is 206 g/mol. The van der Waals surface area contributed by atoms with E-state index in [-0.39, 0.29) is 18.5 Å². The normalized spacial score (nSPS) is 18.7. The van der Waals surface area contributed by atoms with E-state index in [1.54, 1.807) is 6.07 Å². The lowest BCUT2D eigenvalue weighted by Crippen LogP contribution is -2.06. The number of fused-ring (bicyclic) bond motifs is 1. The van der Waals surface area contributed by atoms with Crippen molar-refractivity contribution >= 4 is 5.97 Å². The minimum absolute atomic E-state index is 0.150. The molecule has 80 valence electrons. The summed E-state index contributed by atoms with van der Waals surface area (Å²) in [7, 11) is 1.39. The molecule has 1 N–H and O–H groups in total. The summed E-state index contributed by atoms with van der Waals surface area (Å²) in [5, 5.41) is 9.18. The fourth-order valence-corrected chi connectivity index (χ4v) is 2.23. The topological polar surface area (TPSA) is 46.5 Å². The molecule has 15 heavy (non-hydrogen) atoms. The van der Waals surface area contributed by atoms with E-state index in [0.29, 0.717) is 5.56 Å². The van der Waals surface area contributed by atoms with E-state index in [4.69, 9.17) is 4.74 Å². The molecule has 1 atom stereocenters. The number of carbonyl (C=O) groups excluding carboxylic acids is 1. The molecule has 1 aromatic rings. The molecule has 0 spiro atoms. The number of hydrogen-bond acceptors (Lipinski definition) is 3. The van der Waals surface area contributed by atoms with Gasteiger partial charge in [-0.15, -0.1) is 0 Å². The van der Waals surface area contributed by atoms with Crippen molar-refractivity contribution in [3.05, 3.63) is 34.9 Å². The van der Waals surface area contributed by atoms with Gasteiger partial charge in [-0.25, -0.2) is 4.79 Å². The summed E-state index contributed by atoms with van der Waals surface area (Å²) < 4.78 is 4.73. The maximum Gasteiger partial charge on any atom is 0.338 e. The highest BCUT2D eigenvalue weighted by atomic mass is 16.5. The van der Waals surface area contributed by atoms with Crippen LogP contribution in [-0.2, 0) is 11.2 Å². The summed E-state index contributed by atoms with van der Waals surface area (Å²) in [6, 6.07) is 5.61. The SMILES string of the molecule is COC(=O)c1cccc2c1CC[C@@H]2CO. The molecule has 0 fully saturated rings. The first-order chi connectivity index (χ1) is 7.27. The Labute approximate surface area is 88.7 Å². The Bertz CT molecular complexity index is 384. The Morgan fingerprint density at radius 3 is 3.07 bits per heavy atom. The second-order valence-electron chi connectivity index (χ2n) is 3.78. The van der Waals surface area contributed by atoms with Gasteiger partial charge in [0.2, 0.25) is 0 Å². The van der Waals surface area contributed by atoms with Crippen LogP contribution in [0.1, 0.15) is 33.8 Å². The maximum absolute atomic E-state index is 11.5. The minimum atomic E-state index is -0.287. The number of carbonyl (C=O) groups is 1. The van der Waals surface area contributed by atoms with Gasteiger partial charge >= 0.3 is 5.97 Å². The van der Waals surface area contributed by atoms with Crippen LogP contribution >= 0.6 is 0 Å². The molecule has 3 nitrogen and oxygen atoms in total. The van der Waals surface area contributed by atoms with Crippen LogP contribution < -0.4 is 0 Å². The quantitative estimate of drug-likeness (QED) is 0.746. The summed E-state index contributed by atoms with van der Waals surface area (Å²) in [5.74, 6) is -0.102. The highest BCUT2D eigenvalue weighted by Gasteiger charge is 2.26. The molecule has 0 amide bonds. The van der Waals surface area contributed by atoms with Crippen molar-refractivity contribution in [1.82, 2.24) is 0 Å². The van der Waals surface area contributed by atoms with E-state index in [2.05, 4.69) is 0 Å². The van der Waals surface area contributed by atoms with Gasteiger partial charge in [0.05, 0.1) is 12.7 Å². The van der Waals surface area contributed by atoms with Gasteiger partial charge in [-0.1, -0.05) is 12.1 Å². The first kappa shape index (κ1) is 10.2. The molecule has 1 aliphatic rings. The van der Waals surface area contributed by atoms with E-state index >= 15 is 0 Å². The predicted molar refractivity (Wildman–Crippen MR) is 55.9 cm³/mol. The van der Waals surface area contributed by atoms with E-state index in [1.165, 1.54) is 7.11 Å². The standard InChI is InChI=1S/C12H14O3/c1-15-12(14)11-4-2-3-9-8(7-13)5-6-10(9)11/h2-4,8,13H,5-7H2,1H3/t8-/m1/s1. The average molecular weight is 206 g/mol. The molecule has 1 aromatic carbocycles. The van der Waals surface area contributed by atoms with Crippen molar-refractivity contribution in [3.63, 3.8) is 0 Å². The van der Waals surface area contributed by atoms with Crippen LogP contribution in [-0.4, -0.2) is 24.8 Å². The highest BCUT2D eigenvalue weighted by molar-refractivity contribution is 5.91. The molecule has 0 heterocycles. The maximum atomic E-state index is 11.5. The number of aliphatic hydroxyl groups is 1. The van der Waals surface area contributed by atoms with Gasteiger partial charge in [-0.2, -0.15) is 0 Å². The number of ether oxygens (including phenoxy) is 1. The number of hydrogen-bond donors (Lipinski definition) is 1. The molecule has 1 aliphatic carbocycles. The molecule has 2 rings (SSSR count).